The molecule has 4 heteroatoms. The van der Waals surface area contributed by atoms with Crippen LogP contribution in [0.5, 0.6) is 5.75 Å². The molecule has 0 aliphatic rings. The van der Waals surface area contributed by atoms with Crippen molar-refractivity contribution < 1.29 is 14.3 Å². The van der Waals surface area contributed by atoms with Crippen LogP contribution in [-0.2, 0) is 4.74 Å². The van der Waals surface area contributed by atoms with Gasteiger partial charge in [-0.2, -0.15) is 0 Å². The van der Waals surface area contributed by atoms with Crippen molar-refractivity contribution in [3.05, 3.63) is 24.3 Å². The number of hydrogen-bond acceptors (Lipinski definition) is 3. The van der Waals surface area contributed by atoms with Crippen LogP contribution >= 0.6 is 0 Å². The molecule has 0 saturated carbocycles. The Balaban J connectivity index is 2.61. The molecule has 0 fully saturated rings. The van der Waals surface area contributed by atoms with Gasteiger partial charge in [-0.3, -0.25) is 5.32 Å². The summed E-state index contributed by atoms with van der Waals surface area (Å²) in [5.41, 5.74) is 0.630. The zero-order valence-corrected chi connectivity index (χ0v) is 9.66. The molecule has 0 bridgehead atoms. The van der Waals surface area contributed by atoms with Crippen molar-refractivity contribution in [2.24, 2.45) is 0 Å². The number of benzene rings is 1. The molecule has 1 rings (SSSR count). The molecule has 4 nitrogen and oxygen atoms in total. The summed E-state index contributed by atoms with van der Waals surface area (Å²) < 4.78 is 10.3. The lowest BCUT2D eigenvalue weighted by atomic mass is 10.3. The maximum absolute atomic E-state index is 11.3. The van der Waals surface area contributed by atoms with E-state index < -0.39 is 6.09 Å². The Hall–Kier alpha value is -1.71. The van der Waals surface area contributed by atoms with Crippen LogP contribution in [0.4, 0.5) is 10.5 Å². The molecule has 0 aliphatic carbocycles. The number of anilines is 1. The molecule has 0 heterocycles. The zero-order chi connectivity index (χ0) is 11.8. The summed E-state index contributed by atoms with van der Waals surface area (Å²) >= 11 is 0. The Morgan fingerprint density at radius 3 is 2.75 bits per heavy atom. The highest BCUT2D eigenvalue weighted by Crippen LogP contribution is 2.23. The van der Waals surface area contributed by atoms with Crippen molar-refractivity contribution in [2.45, 2.75) is 20.3 Å². The van der Waals surface area contributed by atoms with E-state index >= 15 is 0 Å². The van der Waals surface area contributed by atoms with Gasteiger partial charge in [-0.25, -0.2) is 4.79 Å². The van der Waals surface area contributed by atoms with Crippen molar-refractivity contribution in [1.82, 2.24) is 0 Å². The van der Waals surface area contributed by atoms with Gasteiger partial charge in [0.25, 0.3) is 0 Å². The molecule has 1 aromatic rings. The third-order valence-electron chi connectivity index (χ3n) is 1.86. The number of para-hydroxylation sites is 2. The van der Waals surface area contributed by atoms with E-state index in [1.165, 1.54) is 0 Å². The van der Waals surface area contributed by atoms with Gasteiger partial charge in [0.05, 0.1) is 18.9 Å². The van der Waals surface area contributed by atoms with E-state index in [4.69, 9.17) is 9.47 Å². The SMILES string of the molecule is CCCOC(=O)Nc1ccccc1OCC. The first kappa shape index (κ1) is 12.4. The van der Waals surface area contributed by atoms with Gasteiger partial charge in [0.1, 0.15) is 5.75 Å². The first-order valence-electron chi connectivity index (χ1n) is 5.43. The summed E-state index contributed by atoms with van der Waals surface area (Å²) in [4.78, 5) is 11.3. The lowest BCUT2D eigenvalue weighted by Gasteiger charge is -2.10. The number of amides is 1. The monoisotopic (exact) mass is 223 g/mol. The largest absolute Gasteiger partial charge is 0.492 e. The fraction of sp³-hybridized carbons (Fsp3) is 0.417. The number of hydrogen-bond donors (Lipinski definition) is 1. The zero-order valence-electron chi connectivity index (χ0n) is 9.66. The second-order valence-corrected chi connectivity index (χ2v) is 3.19. The molecular formula is C12H17NO3. The second-order valence-electron chi connectivity index (χ2n) is 3.19. The highest BCUT2D eigenvalue weighted by Gasteiger charge is 2.07. The predicted molar refractivity (Wildman–Crippen MR) is 62.9 cm³/mol. The molecular weight excluding hydrogens is 206 g/mol. The molecule has 0 radical (unpaired) electrons. The summed E-state index contributed by atoms with van der Waals surface area (Å²) in [6, 6.07) is 7.27. The van der Waals surface area contributed by atoms with Crippen LogP contribution in [0, 0.1) is 0 Å². The molecule has 88 valence electrons. The van der Waals surface area contributed by atoms with Gasteiger partial charge in [0, 0.05) is 0 Å². The van der Waals surface area contributed by atoms with Crippen LogP contribution in [-0.4, -0.2) is 19.3 Å². The first-order valence-corrected chi connectivity index (χ1v) is 5.43. The Labute approximate surface area is 95.6 Å². The number of carbonyl (C=O) groups excluding carboxylic acids is 1. The van der Waals surface area contributed by atoms with Crippen LogP contribution in [0.15, 0.2) is 24.3 Å². The summed E-state index contributed by atoms with van der Waals surface area (Å²) in [5, 5.41) is 2.64. The van der Waals surface area contributed by atoms with Crippen molar-refractivity contribution in [2.75, 3.05) is 18.5 Å². The quantitative estimate of drug-likeness (QED) is 0.834. The van der Waals surface area contributed by atoms with Crippen LogP contribution in [0.25, 0.3) is 0 Å². The molecule has 1 amide bonds. The fourth-order valence-electron chi connectivity index (χ4n) is 1.19. The lowest BCUT2D eigenvalue weighted by Crippen LogP contribution is -2.14. The summed E-state index contributed by atoms with van der Waals surface area (Å²) in [7, 11) is 0. The van der Waals surface area contributed by atoms with E-state index in [-0.39, 0.29) is 0 Å². The van der Waals surface area contributed by atoms with Gasteiger partial charge >= 0.3 is 6.09 Å². The van der Waals surface area contributed by atoms with Crippen LogP contribution in [0.1, 0.15) is 20.3 Å². The Morgan fingerprint density at radius 2 is 2.06 bits per heavy atom. The number of ether oxygens (including phenoxy) is 2. The predicted octanol–water partition coefficient (Wildman–Crippen LogP) is 3.04. The summed E-state index contributed by atoms with van der Waals surface area (Å²) in [6.45, 7) is 4.82. The minimum Gasteiger partial charge on any atom is -0.492 e. The molecule has 0 aliphatic heterocycles. The van der Waals surface area contributed by atoms with Gasteiger partial charge in [0.15, 0.2) is 0 Å². The third kappa shape index (κ3) is 3.81. The number of carbonyl (C=O) groups is 1. The molecule has 0 aromatic heterocycles. The fourth-order valence-corrected chi connectivity index (χ4v) is 1.19. The second kappa shape index (κ2) is 6.71. The van der Waals surface area contributed by atoms with Crippen LogP contribution in [0.3, 0.4) is 0 Å². The molecule has 1 N–H and O–H groups in total. The average Bonchev–Trinajstić information content (AvgIpc) is 2.29. The minimum absolute atomic E-state index is 0.419. The average molecular weight is 223 g/mol. The van der Waals surface area contributed by atoms with Gasteiger partial charge in [-0.1, -0.05) is 19.1 Å². The van der Waals surface area contributed by atoms with E-state index in [2.05, 4.69) is 5.32 Å². The van der Waals surface area contributed by atoms with Crippen LogP contribution < -0.4 is 10.1 Å². The van der Waals surface area contributed by atoms with Crippen molar-refractivity contribution in [3.63, 3.8) is 0 Å². The Kier molecular flexibility index (Phi) is 5.19. The first-order chi connectivity index (χ1) is 7.77. The van der Waals surface area contributed by atoms with E-state index in [1.807, 2.05) is 26.0 Å². The topological polar surface area (TPSA) is 47.6 Å². The van der Waals surface area contributed by atoms with E-state index in [1.54, 1.807) is 12.1 Å². The highest BCUT2D eigenvalue weighted by molar-refractivity contribution is 5.86. The number of nitrogens with one attached hydrogen (secondary N) is 1. The van der Waals surface area contributed by atoms with Crippen molar-refractivity contribution in [1.29, 1.82) is 0 Å². The maximum atomic E-state index is 11.3. The lowest BCUT2D eigenvalue weighted by molar-refractivity contribution is 0.161. The molecule has 1 aromatic carbocycles. The Morgan fingerprint density at radius 1 is 1.31 bits per heavy atom. The van der Waals surface area contributed by atoms with Crippen molar-refractivity contribution >= 4 is 11.8 Å². The minimum atomic E-state index is -0.450. The summed E-state index contributed by atoms with van der Waals surface area (Å²) in [6.07, 6.45) is 0.356. The third-order valence-corrected chi connectivity index (χ3v) is 1.86. The normalized spacial score (nSPS) is 9.62. The molecule has 0 atom stereocenters. The van der Waals surface area contributed by atoms with Crippen molar-refractivity contribution in [3.8, 4) is 5.75 Å². The molecule has 0 spiro atoms. The Bertz CT molecular complexity index is 339. The van der Waals surface area contributed by atoms with Crippen LogP contribution in [0.2, 0.25) is 0 Å². The highest BCUT2D eigenvalue weighted by atomic mass is 16.5. The smallest absolute Gasteiger partial charge is 0.411 e. The number of rotatable bonds is 5. The van der Waals surface area contributed by atoms with Gasteiger partial charge in [-0.05, 0) is 25.5 Å². The molecule has 0 unspecified atom stereocenters. The van der Waals surface area contributed by atoms with E-state index in [0.717, 1.165) is 6.42 Å². The summed E-state index contributed by atoms with van der Waals surface area (Å²) in [5.74, 6) is 0.651. The molecule has 0 saturated heterocycles. The van der Waals surface area contributed by atoms with E-state index in [9.17, 15) is 4.79 Å². The molecule has 16 heavy (non-hydrogen) atoms. The van der Waals surface area contributed by atoms with Gasteiger partial charge in [-0.15, -0.1) is 0 Å². The van der Waals surface area contributed by atoms with Gasteiger partial charge in [0.2, 0.25) is 0 Å². The standard InChI is InChI=1S/C12H17NO3/c1-3-9-16-12(14)13-10-7-5-6-8-11(10)15-4-2/h5-8H,3-4,9H2,1-2H3,(H,13,14). The van der Waals surface area contributed by atoms with E-state index in [0.29, 0.717) is 24.7 Å². The maximum Gasteiger partial charge on any atom is 0.411 e. The van der Waals surface area contributed by atoms with Gasteiger partial charge < -0.3 is 9.47 Å².